The number of hydrogen-bond donors (Lipinski definition) is 3. The van der Waals surface area contributed by atoms with Crippen molar-refractivity contribution in [3.63, 3.8) is 0 Å². The number of nitrogens with one attached hydrogen (secondary N) is 3. The number of anilines is 1. The molecule has 1 saturated carbocycles. The minimum atomic E-state index is -0.132. The SMILES string of the molecule is O=C(NC1CC1)C1CN(Cc2cnc(NCc3ccccc3)nc2)CCN1. The van der Waals surface area contributed by atoms with Crippen LogP contribution in [-0.2, 0) is 17.9 Å². The van der Waals surface area contributed by atoms with Gasteiger partial charge in [0.1, 0.15) is 0 Å². The molecule has 2 aliphatic rings. The lowest BCUT2D eigenvalue weighted by Gasteiger charge is -2.32. The van der Waals surface area contributed by atoms with Crippen LogP contribution in [0, 0.1) is 0 Å². The van der Waals surface area contributed by atoms with E-state index in [2.05, 4.69) is 43.0 Å². The first-order valence-electron chi connectivity index (χ1n) is 9.61. The lowest BCUT2D eigenvalue weighted by atomic mass is 10.1. The van der Waals surface area contributed by atoms with E-state index in [0.717, 1.165) is 38.0 Å². The highest BCUT2D eigenvalue weighted by atomic mass is 16.2. The lowest BCUT2D eigenvalue weighted by Crippen LogP contribution is -2.57. The van der Waals surface area contributed by atoms with Gasteiger partial charge in [-0.3, -0.25) is 9.69 Å². The topological polar surface area (TPSA) is 82.2 Å². The molecule has 1 saturated heterocycles. The van der Waals surface area contributed by atoms with Crippen molar-refractivity contribution >= 4 is 11.9 Å². The third-order valence-electron chi connectivity index (χ3n) is 4.90. The number of piperazine rings is 1. The molecule has 1 aliphatic heterocycles. The molecule has 2 heterocycles. The van der Waals surface area contributed by atoms with E-state index >= 15 is 0 Å². The highest BCUT2D eigenvalue weighted by molar-refractivity contribution is 5.82. The third kappa shape index (κ3) is 5.24. The fourth-order valence-electron chi connectivity index (χ4n) is 3.22. The molecule has 1 aromatic carbocycles. The zero-order valence-electron chi connectivity index (χ0n) is 15.4. The highest BCUT2D eigenvalue weighted by Gasteiger charge is 2.30. The summed E-state index contributed by atoms with van der Waals surface area (Å²) in [5, 5.41) is 9.64. The number of carbonyl (C=O) groups excluding carboxylic acids is 1. The quantitative estimate of drug-likeness (QED) is 0.682. The van der Waals surface area contributed by atoms with Gasteiger partial charge in [0.05, 0.1) is 6.04 Å². The number of carbonyl (C=O) groups is 1. The average molecular weight is 366 g/mol. The fourth-order valence-corrected chi connectivity index (χ4v) is 3.22. The van der Waals surface area contributed by atoms with E-state index in [-0.39, 0.29) is 11.9 Å². The minimum absolute atomic E-state index is 0.124. The van der Waals surface area contributed by atoms with Crippen molar-refractivity contribution in [1.29, 1.82) is 0 Å². The minimum Gasteiger partial charge on any atom is -0.352 e. The highest BCUT2D eigenvalue weighted by Crippen LogP contribution is 2.19. The molecule has 7 heteroatoms. The number of nitrogens with zero attached hydrogens (tertiary/aromatic N) is 3. The number of benzene rings is 1. The average Bonchev–Trinajstić information content (AvgIpc) is 3.52. The zero-order chi connectivity index (χ0) is 18.5. The summed E-state index contributed by atoms with van der Waals surface area (Å²) < 4.78 is 0. The Kier molecular flexibility index (Phi) is 5.60. The Morgan fingerprint density at radius 1 is 1.15 bits per heavy atom. The maximum Gasteiger partial charge on any atom is 0.238 e. The second-order valence-electron chi connectivity index (χ2n) is 7.28. The summed E-state index contributed by atoms with van der Waals surface area (Å²) in [5.41, 5.74) is 2.25. The number of aromatic nitrogens is 2. The maximum atomic E-state index is 12.2. The van der Waals surface area contributed by atoms with Gasteiger partial charge in [-0.05, 0) is 18.4 Å². The largest absolute Gasteiger partial charge is 0.352 e. The van der Waals surface area contributed by atoms with Crippen LogP contribution in [0.15, 0.2) is 42.7 Å². The molecule has 1 amide bonds. The Labute approximate surface area is 159 Å². The van der Waals surface area contributed by atoms with E-state index < -0.39 is 0 Å². The van der Waals surface area contributed by atoms with Gasteiger partial charge in [0.25, 0.3) is 0 Å². The van der Waals surface area contributed by atoms with Crippen LogP contribution in [0.2, 0.25) is 0 Å². The summed E-state index contributed by atoms with van der Waals surface area (Å²) in [4.78, 5) is 23.4. The first-order chi connectivity index (χ1) is 13.3. The predicted molar refractivity (Wildman–Crippen MR) is 104 cm³/mol. The van der Waals surface area contributed by atoms with Crippen LogP contribution >= 0.6 is 0 Å². The standard InChI is InChI=1S/C20H26N6O/c27-19(25-17-6-7-17)18-14-26(9-8-21-18)13-16-11-23-20(24-12-16)22-10-15-4-2-1-3-5-15/h1-5,11-12,17-18,21H,6-10,13-14H2,(H,25,27)(H,22,23,24). The lowest BCUT2D eigenvalue weighted by molar-refractivity contribution is -0.124. The Bertz CT molecular complexity index is 747. The molecule has 4 rings (SSSR count). The van der Waals surface area contributed by atoms with E-state index in [4.69, 9.17) is 0 Å². The number of hydrogen-bond acceptors (Lipinski definition) is 6. The molecule has 0 spiro atoms. The van der Waals surface area contributed by atoms with E-state index in [0.29, 0.717) is 25.1 Å². The van der Waals surface area contributed by atoms with Gasteiger partial charge in [0, 0.05) is 56.7 Å². The van der Waals surface area contributed by atoms with Crippen LogP contribution in [0.1, 0.15) is 24.0 Å². The maximum absolute atomic E-state index is 12.2. The first kappa shape index (κ1) is 17.9. The van der Waals surface area contributed by atoms with Crippen molar-refractivity contribution in [3.05, 3.63) is 53.9 Å². The van der Waals surface area contributed by atoms with Crippen LogP contribution in [0.4, 0.5) is 5.95 Å². The Balaban J connectivity index is 1.26. The van der Waals surface area contributed by atoms with Crippen LogP contribution in [0.25, 0.3) is 0 Å². The molecular weight excluding hydrogens is 340 g/mol. The van der Waals surface area contributed by atoms with Crippen LogP contribution in [0.5, 0.6) is 0 Å². The summed E-state index contributed by atoms with van der Waals surface area (Å²) in [6, 6.07) is 10.5. The monoisotopic (exact) mass is 366 g/mol. The molecule has 27 heavy (non-hydrogen) atoms. The van der Waals surface area contributed by atoms with Crippen LogP contribution in [-0.4, -0.2) is 52.5 Å². The molecule has 2 aromatic rings. The van der Waals surface area contributed by atoms with Crippen molar-refractivity contribution in [3.8, 4) is 0 Å². The Morgan fingerprint density at radius 3 is 2.67 bits per heavy atom. The molecule has 7 nitrogen and oxygen atoms in total. The third-order valence-corrected chi connectivity index (χ3v) is 4.90. The molecule has 1 unspecified atom stereocenters. The number of rotatable bonds is 7. The predicted octanol–water partition coefficient (Wildman–Crippen LogP) is 1.14. The van der Waals surface area contributed by atoms with Gasteiger partial charge in [-0.1, -0.05) is 30.3 Å². The zero-order valence-corrected chi connectivity index (χ0v) is 15.4. The van der Waals surface area contributed by atoms with Crippen molar-refractivity contribution in [1.82, 2.24) is 25.5 Å². The number of amides is 1. The van der Waals surface area contributed by atoms with Gasteiger partial charge >= 0.3 is 0 Å². The molecule has 1 aromatic heterocycles. The van der Waals surface area contributed by atoms with E-state index in [9.17, 15) is 4.79 Å². The van der Waals surface area contributed by atoms with E-state index in [1.165, 1.54) is 5.56 Å². The molecule has 3 N–H and O–H groups in total. The fraction of sp³-hybridized carbons (Fsp3) is 0.450. The first-order valence-corrected chi connectivity index (χ1v) is 9.61. The Morgan fingerprint density at radius 2 is 1.93 bits per heavy atom. The van der Waals surface area contributed by atoms with Gasteiger partial charge < -0.3 is 16.0 Å². The van der Waals surface area contributed by atoms with Gasteiger partial charge in [-0.25, -0.2) is 9.97 Å². The molecule has 0 bridgehead atoms. The van der Waals surface area contributed by atoms with Crippen LogP contribution in [0.3, 0.4) is 0 Å². The van der Waals surface area contributed by atoms with Crippen molar-refractivity contribution in [2.24, 2.45) is 0 Å². The van der Waals surface area contributed by atoms with Crippen LogP contribution < -0.4 is 16.0 Å². The summed E-state index contributed by atoms with van der Waals surface area (Å²) in [7, 11) is 0. The molecule has 1 aliphatic carbocycles. The normalized spacial score (nSPS) is 20.2. The molecule has 142 valence electrons. The molecular formula is C20H26N6O. The van der Waals surface area contributed by atoms with Crippen molar-refractivity contribution in [2.75, 3.05) is 25.0 Å². The molecule has 1 atom stereocenters. The van der Waals surface area contributed by atoms with E-state index in [1.807, 2.05) is 30.6 Å². The van der Waals surface area contributed by atoms with E-state index in [1.54, 1.807) is 0 Å². The summed E-state index contributed by atoms with van der Waals surface area (Å²) in [6.07, 6.45) is 5.96. The van der Waals surface area contributed by atoms with Crippen molar-refractivity contribution in [2.45, 2.75) is 38.0 Å². The summed E-state index contributed by atoms with van der Waals surface area (Å²) in [6.45, 7) is 3.91. The molecule has 0 radical (unpaired) electrons. The smallest absolute Gasteiger partial charge is 0.238 e. The summed E-state index contributed by atoms with van der Waals surface area (Å²) in [5.74, 6) is 0.753. The second-order valence-corrected chi connectivity index (χ2v) is 7.28. The van der Waals surface area contributed by atoms with Gasteiger partial charge in [-0.2, -0.15) is 0 Å². The summed E-state index contributed by atoms with van der Waals surface area (Å²) >= 11 is 0. The van der Waals surface area contributed by atoms with Crippen molar-refractivity contribution < 1.29 is 4.79 Å². The Hall–Kier alpha value is -2.51. The second kappa shape index (κ2) is 8.45. The van der Waals surface area contributed by atoms with Gasteiger partial charge in [-0.15, -0.1) is 0 Å². The van der Waals surface area contributed by atoms with Gasteiger partial charge in [0.15, 0.2) is 0 Å². The molecule has 2 fully saturated rings. The van der Waals surface area contributed by atoms with Gasteiger partial charge in [0.2, 0.25) is 11.9 Å².